The summed E-state index contributed by atoms with van der Waals surface area (Å²) in [7, 11) is 0. The molecule has 2 fully saturated rings. The van der Waals surface area contributed by atoms with Crippen molar-refractivity contribution >= 4 is 45.5 Å². The molecule has 5 rings (SSSR count). The van der Waals surface area contributed by atoms with Gasteiger partial charge in [0.15, 0.2) is 0 Å². The minimum absolute atomic E-state index is 0.121. The molecule has 1 aliphatic heterocycles. The van der Waals surface area contributed by atoms with Crippen LogP contribution in [0.1, 0.15) is 31.1 Å². The van der Waals surface area contributed by atoms with Crippen LogP contribution >= 0.6 is 11.6 Å². The lowest BCUT2D eigenvalue weighted by Gasteiger charge is -2.33. The van der Waals surface area contributed by atoms with E-state index < -0.39 is 18.6 Å². The highest BCUT2D eigenvalue weighted by atomic mass is 35.5. The van der Waals surface area contributed by atoms with Gasteiger partial charge in [0, 0.05) is 29.1 Å². The molecule has 0 spiro atoms. The Bertz CT molecular complexity index is 1200. The molecule has 2 aliphatic rings. The maximum atomic E-state index is 14.9. The number of ether oxygens (including phenoxy) is 1. The normalized spacial score (nSPS) is 22.0. The van der Waals surface area contributed by atoms with Crippen LogP contribution in [0.3, 0.4) is 0 Å². The van der Waals surface area contributed by atoms with E-state index in [1.165, 1.54) is 0 Å². The molecule has 1 atom stereocenters. The average Bonchev–Trinajstić information content (AvgIpc) is 3.52. The van der Waals surface area contributed by atoms with Gasteiger partial charge in [0.1, 0.15) is 24.0 Å². The third-order valence-electron chi connectivity index (χ3n) is 5.78. The molecule has 1 unspecified atom stereocenters. The standard InChI is InChI=1S/C21H21ClF2N6O/c22-13-3-4-15-14(7-13)20-17(9-27-15)28-19(10-26-8-16(29-25)12-1-2-12)30(20)18-5-6-31-11-21(18,23)24/h3-4,7-9,12,18H,1-2,5-6,10-11,25H2. The van der Waals surface area contributed by atoms with Crippen LogP contribution in [0.4, 0.5) is 8.78 Å². The van der Waals surface area contributed by atoms with Crippen LogP contribution < -0.4 is 5.84 Å². The number of nitrogens with zero attached hydrogens (tertiary/aromatic N) is 5. The molecule has 2 N–H and O–H groups in total. The van der Waals surface area contributed by atoms with Crippen LogP contribution in [0, 0.1) is 5.92 Å². The van der Waals surface area contributed by atoms with Gasteiger partial charge in [0.05, 0.1) is 29.5 Å². The number of hydrogen-bond donors (Lipinski definition) is 1. The largest absolute Gasteiger partial charge is 0.375 e. The van der Waals surface area contributed by atoms with E-state index in [1.807, 2.05) is 0 Å². The number of hydrazone groups is 1. The van der Waals surface area contributed by atoms with E-state index in [9.17, 15) is 8.78 Å². The zero-order valence-electron chi connectivity index (χ0n) is 16.6. The summed E-state index contributed by atoms with van der Waals surface area (Å²) in [5, 5.41) is 4.97. The lowest BCUT2D eigenvalue weighted by Crippen LogP contribution is -2.41. The first-order chi connectivity index (χ1) is 15.0. The van der Waals surface area contributed by atoms with Gasteiger partial charge in [-0.2, -0.15) is 5.10 Å². The first-order valence-corrected chi connectivity index (χ1v) is 10.5. The zero-order valence-corrected chi connectivity index (χ0v) is 17.4. The minimum Gasteiger partial charge on any atom is -0.375 e. The van der Waals surface area contributed by atoms with Gasteiger partial charge in [-0.15, -0.1) is 0 Å². The second kappa shape index (κ2) is 7.80. The molecular formula is C21H21ClF2N6O. The summed E-state index contributed by atoms with van der Waals surface area (Å²) < 4.78 is 36.6. The number of nitrogens with two attached hydrogens (primary N) is 1. The molecule has 7 nitrogen and oxygen atoms in total. The van der Waals surface area contributed by atoms with Gasteiger partial charge in [-0.25, -0.2) is 13.8 Å². The van der Waals surface area contributed by atoms with E-state index in [1.54, 1.807) is 35.2 Å². The Hall–Kier alpha value is -2.65. The Morgan fingerprint density at radius 2 is 2.16 bits per heavy atom. The Morgan fingerprint density at radius 3 is 2.90 bits per heavy atom. The molecule has 1 saturated heterocycles. The van der Waals surface area contributed by atoms with E-state index in [-0.39, 0.29) is 19.6 Å². The zero-order chi connectivity index (χ0) is 21.6. The van der Waals surface area contributed by atoms with E-state index in [4.69, 9.17) is 22.2 Å². The van der Waals surface area contributed by atoms with Crippen molar-refractivity contribution in [1.29, 1.82) is 0 Å². The predicted octanol–water partition coefficient (Wildman–Crippen LogP) is 4.13. The van der Waals surface area contributed by atoms with Crippen molar-refractivity contribution in [2.75, 3.05) is 13.2 Å². The van der Waals surface area contributed by atoms with Crippen molar-refractivity contribution in [3.05, 3.63) is 35.2 Å². The Morgan fingerprint density at radius 1 is 1.32 bits per heavy atom. The highest BCUT2D eigenvalue weighted by Crippen LogP contribution is 2.40. The molecule has 3 heterocycles. The van der Waals surface area contributed by atoms with Crippen molar-refractivity contribution in [1.82, 2.24) is 14.5 Å². The van der Waals surface area contributed by atoms with Crippen LogP contribution in [0.15, 0.2) is 34.5 Å². The fourth-order valence-corrected chi connectivity index (χ4v) is 4.29. The SMILES string of the molecule is NN=C(C=NCc1nc2cnc3ccc(Cl)cc3c2n1C1CCOCC1(F)F)C1CC1. The Balaban J connectivity index is 1.66. The summed E-state index contributed by atoms with van der Waals surface area (Å²) in [5.74, 6) is 3.18. The molecule has 31 heavy (non-hydrogen) atoms. The summed E-state index contributed by atoms with van der Waals surface area (Å²) >= 11 is 6.22. The fraction of sp³-hybridized carbons (Fsp3) is 0.429. The topological polar surface area (TPSA) is 90.7 Å². The maximum Gasteiger partial charge on any atom is 0.291 e. The first kappa shape index (κ1) is 20.3. The highest BCUT2D eigenvalue weighted by molar-refractivity contribution is 6.32. The van der Waals surface area contributed by atoms with Gasteiger partial charge in [-0.05, 0) is 37.5 Å². The van der Waals surface area contributed by atoms with Gasteiger partial charge < -0.3 is 15.1 Å². The summed E-state index contributed by atoms with van der Waals surface area (Å²) in [4.78, 5) is 13.5. The van der Waals surface area contributed by atoms with Gasteiger partial charge in [-0.3, -0.25) is 9.98 Å². The third kappa shape index (κ3) is 3.76. The number of alkyl halides is 2. The fourth-order valence-electron chi connectivity index (χ4n) is 4.12. The average molecular weight is 447 g/mol. The number of fused-ring (bicyclic) bond motifs is 3. The molecule has 0 amide bonds. The number of aliphatic imine (C=N–C) groups is 1. The van der Waals surface area contributed by atoms with Crippen LogP contribution in [0.5, 0.6) is 0 Å². The van der Waals surface area contributed by atoms with Gasteiger partial charge in [0.2, 0.25) is 0 Å². The van der Waals surface area contributed by atoms with Gasteiger partial charge in [0.25, 0.3) is 5.92 Å². The Labute approximate surface area is 182 Å². The monoisotopic (exact) mass is 446 g/mol. The van der Waals surface area contributed by atoms with Crippen LogP contribution in [-0.4, -0.2) is 45.6 Å². The minimum atomic E-state index is -3.05. The summed E-state index contributed by atoms with van der Waals surface area (Å²) in [6.07, 6.45) is 5.46. The third-order valence-corrected chi connectivity index (χ3v) is 6.02. The summed E-state index contributed by atoms with van der Waals surface area (Å²) in [6.45, 7) is -0.260. The molecule has 1 saturated carbocycles. The Kier molecular flexibility index (Phi) is 5.10. The second-order valence-corrected chi connectivity index (χ2v) is 8.40. The number of hydrogen-bond acceptors (Lipinski definition) is 6. The van der Waals surface area contributed by atoms with Crippen molar-refractivity contribution in [3.63, 3.8) is 0 Å². The molecule has 1 aromatic carbocycles. The summed E-state index contributed by atoms with van der Waals surface area (Å²) in [5.41, 5.74) is 2.49. The maximum absolute atomic E-state index is 14.9. The van der Waals surface area contributed by atoms with E-state index >= 15 is 0 Å². The van der Waals surface area contributed by atoms with E-state index in [0.717, 1.165) is 18.6 Å². The molecule has 1 aliphatic carbocycles. The molecular weight excluding hydrogens is 426 g/mol. The van der Waals surface area contributed by atoms with Crippen LogP contribution in [0.25, 0.3) is 21.9 Å². The van der Waals surface area contributed by atoms with Crippen molar-refractivity contribution in [3.8, 4) is 0 Å². The number of imidazole rings is 1. The first-order valence-electron chi connectivity index (χ1n) is 10.2. The van der Waals surface area contributed by atoms with Crippen LogP contribution in [-0.2, 0) is 11.3 Å². The molecule has 162 valence electrons. The van der Waals surface area contributed by atoms with Crippen LogP contribution in [0.2, 0.25) is 5.02 Å². The van der Waals surface area contributed by atoms with Crippen molar-refractivity contribution < 1.29 is 13.5 Å². The highest BCUT2D eigenvalue weighted by Gasteiger charge is 2.45. The van der Waals surface area contributed by atoms with E-state index in [2.05, 4.69) is 20.1 Å². The number of aromatic nitrogens is 3. The van der Waals surface area contributed by atoms with Crippen molar-refractivity contribution in [2.24, 2.45) is 21.9 Å². The predicted molar refractivity (Wildman–Crippen MR) is 116 cm³/mol. The van der Waals surface area contributed by atoms with Crippen molar-refractivity contribution in [2.45, 2.75) is 37.8 Å². The van der Waals surface area contributed by atoms with Gasteiger partial charge >= 0.3 is 0 Å². The lowest BCUT2D eigenvalue weighted by molar-refractivity contribution is -0.147. The number of pyridine rings is 1. The summed E-state index contributed by atoms with van der Waals surface area (Å²) in [6, 6.07) is 4.13. The van der Waals surface area contributed by atoms with E-state index in [0.29, 0.717) is 38.7 Å². The quantitative estimate of drug-likeness (QED) is 0.362. The van der Waals surface area contributed by atoms with Gasteiger partial charge in [-0.1, -0.05) is 11.6 Å². The molecule has 3 aromatic rings. The lowest BCUT2D eigenvalue weighted by atomic mass is 10.0. The second-order valence-electron chi connectivity index (χ2n) is 7.97. The number of halogens is 3. The number of benzene rings is 1. The smallest absolute Gasteiger partial charge is 0.291 e. The molecule has 0 radical (unpaired) electrons. The molecule has 0 bridgehead atoms. The number of rotatable bonds is 5. The molecule has 10 heteroatoms. The molecule has 2 aromatic heterocycles.